The number of aliphatic hydroxyl groups is 1. The van der Waals surface area contributed by atoms with Crippen LogP contribution in [0.3, 0.4) is 0 Å². The molecule has 4 nitrogen and oxygen atoms in total. The summed E-state index contributed by atoms with van der Waals surface area (Å²) < 4.78 is 0. The molecule has 0 aromatic heterocycles. The lowest BCUT2D eigenvalue weighted by Crippen LogP contribution is -2.38. The number of nitrogens with zero attached hydrogens (tertiary/aromatic N) is 2. The minimum atomic E-state index is -0.704. The Morgan fingerprint density at radius 2 is 1.89 bits per heavy atom. The molecule has 1 amide bonds. The molecular weight excluding hydrogens is 348 g/mol. The molecule has 146 valence electrons. The van der Waals surface area contributed by atoms with Crippen molar-refractivity contribution in [2.24, 2.45) is 0 Å². The molecule has 0 atom stereocenters. The van der Waals surface area contributed by atoms with Gasteiger partial charge in [0.2, 0.25) is 0 Å². The SMILES string of the molecule is CC(C)(O)CCc1cccc(C(=O)N2CCC(c3cccc(C#N)c3)CC2)c1. The number of hydrogen-bond acceptors (Lipinski definition) is 3. The van der Waals surface area contributed by atoms with E-state index in [4.69, 9.17) is 5.26 Å². The van der Waals surface area contributed by atoms with Crippen LogP contribution in [0.2, 0.25) is 0 Å². The molecule has 1 heterocycles. The van der Waals surface area contributed by atoms with Crippen LogP contribution in [0.15, 0.2) is 48.5 Å². The summed E-state index contributed by atoms with van der Waals surface area (Å²) in [7, 11) is 0. The highest BCUT2D eigenvalue weighted by atomic mass is 16.3. The number of likely N-dealkylation sites (tertiary alicyclic amines) is 1. The Morgan fingerprint density at radius 3 is 2.57 bits per heavy atom. The van der Waals surface area contributed by atoms with Gasteiger partial charge in [-0.15, -0.1) is 0 Å². The van der Waals surface area contributed by atoms with Crippen molar-refractivity contribution >= 4 is 5.91 Å². The molecule has 0 saturated carbocycles. The molecule has 1 N–H and O–H groups in total. The summed E-state index contributed by atoms with van der Waals surface area (Å²) in [5.74, 6) is 0.477. The third kappa shape index (κ3) is 5.21. The van der Waals surface area contributed by atoms with E-state index in [0.29, 0.717) is 17.9 Å². The third-order valence-electron chi connectivity index (χ3n) is 5.47. The van der Waals surface area contributed by atoms with Crippen molar-refractivity contribution in [3.8, 4) is 6.07 Å². The fraction of sp³-hybridized carbons (Fsp3) is 0.417. The molecule has 1 aliphatic rings. The number of aryl methyl sites for hydroxylation is 1. The summed E-state index contributed by atoms with van der Waals surface area (Å²) in [5.41, 5.74) is 2.98. The number of carbonyl (C=O) groups is 1. The maximum Gasteiger partial charge on any atom is 0.253 e. The van der Waals surface area contributed by atoms with Crippen LogP contribution in [-0.2, 0) is 6.42 Å². The zero-order valence-corrected chi connectivity index (χ0v) is 16.7. The van der Waals surface area contributed by atoms with Gasteiger partial charge in [-0.25, -0.2) is 0 Å². The first-order chi connectivity index (χ1) is 13.4. The van der Waals surface area contributed by atoms with Gasteiger partial charge in [0, 0.05) is 18.7 Å². The summed E-state index contributed by atoms with van der Waals surface area (Å²) in [6, 6.07) is 17.8. The van der Waals surface area contributed by atoms with Crippen molar-refractivity contribution in [2.75, 3.05) is 13.1 Å². The first-order valence-electron chi connectivity index (χ1n) is 9.96. The molecule has 2 aromatic rings. The first-order valence-corrected chi connectivity index (χ1v) is 9.96. The number of carbonyl (C=O) groups excluding carboxylic acids is 1. The average molecular weight is 377 g/mol. The van der Waals surface area contributed by atoms with Gasteiger partial charge in [-0.2, -0.15) is 5.26 Å². The Bertz CT molecular complexity index is 869. The van der Waals surface area contributed by atoms with Crippen molar-refractivity contribution in [3.05, 3.63) is 70.8 Å². The summed E-state index contributed by atoms with van der Waals surface area (Å²) in [5, 5.41) is 19.0. The van der Waals surface area contributed by atoms with Gasteiger partial charge >= 0.3 is 0 Å². The smallest absolute Gasteiger partial charge is 0.253 e. The molecule has 2 aromatic carbocycles. The predicted molar refractivity (Wildman–Crippen MR) is 110 cm³/mol. The highest BCUT2D eigenvalue weighted by Gasteiger charge is 2.25. The quantitative estimate of drug-likeness (QED) is 0.847. The number of rotatable bonds is 5. The first kappa shape index (κ1) is 20.1. The number of benzene rings is 2. The maximum absolute atomic E-state index is 12.9. The highest BCUT2D eigenvalue weighted by Crippen LogP contribution is 2.29. The lowest BCUT2D eigenvalue weighted by atomic mass is 9.88. The number of amides is 1. The molecule has 0 bridgehead atoms. The summed E-state index contributed by atoms with van der Waals surface area (Å²) >= 11 is 0. The van der Waals surface area contributed by atoms with Crippen LogP contribution in [0.4, 0.5) is 0 Å². The monoisotopic (exact) mass is 376 g/mol. The second kappa shape index (κ2) is 8.58. The summed E-state index contributed by atoms with van der Waals surface area (Å²) in [4.78, 5) is 14.9. The third-order valence-corrected chi connectivity index (χ3v) is 5.47. The number of nitriles is 1. The van der Waals surface area contributed by atoms with Gasteiger partial charge in [0.1, 0.15) is 0 Å². The van der Waals surface area contributed by atoms with E-state index in [1.807, 2.05) is 47.4 Å². The van der Waals surface area contributed by atoms with E-state index < -0.39 is 5.60 Å². The Hall–Kier alpha value is -2.64. The van der Waals surface area contributed by atoms with E-state index in [-0.39, 0.29) is 5.91 Å². The Labute approximate surface area is 167 Å². The van der Waals surface area contributed by atoms with Crippen LogP contribution in [0.5, 0.6) is 0 Å². The maximum atomic E-state index is 12.9. The lowest BCUT2D eigenvalue weighted by Gasteiger charge is -2.32. The molecule has 4 heteroatoms. The van der Waals surface area contributed by atoms with Gasteiger partial charge in [-0.3, -0.25) is 4.79 Å². The molecular formula is C24H28N2O2. The standard InChI is InChI=1S/C24H28N2O2/c1-24(2,28)12-9-18-5-3-8-22(15-18)23(27)26-13-10-20(11-14-26)21-7-4-6-19(16-21)17-25/h3-8,15-16,20,28H,9-14H2,1-2H3. The molecule has 0 aliphatic carbocycles. The molecule has 0 unspecified atom stereocenters. The van der Waals surface area contributed by atoms with Crippen molar-refractivity contribution in [2.45, 2.75) is 51.0 Å². The van der Waals surface area contributed by atoms with Crippen molar-refractivity contribution in [3.63, 3.8) is 0 Å². The Morgan fingerprint density at radius 1 is 1.18 bits per heavy atom. The molecule has 3 rings (SSSR count). The fourth-order valence-corrected chi connectivity index (χ4v) is 3.77. The van der Waals surface area contributed by atoms with E-state index in [2.05, 4.69) is 12.1 Å². The van der Waals surface area contributed by atoms with E-state index in [1.54, 1.807) is 13.8 Å². The summed E-state index contributed by atoms with van der Waals surface area (Å²) in [6.45, 7) is 5.07. The van der Waals surface area contributed by atoms with Gasteiger partial charge in [0.25, 0.3) is 5.91 Å². The molecule has 1 aliphatic heterocycles. The largest absolute Gasteiger partial charge is 0.390 e. The van der Waals surface area contributed by atoms with E-state index in [0.717, 1.165) is 43.5 Å². The molecule has 1 saturated heterocycles. The average Bonchev–Trinajstić information content (AvgIpc) is 2.71. The van der Waals surface area contributed by atoms with Gasteiger partial charge in [0.15, 0.2) is 0 Å². The zero-order valence-electron chi connectivity index (χ0n) is 16.7. The second-order valence-corrected chi connectivity index (χ2v) is 8.32. The Balaban J connectivity index is 1.61. The van der Waals surface area contributed by atoms with Crippen LogP contribution in [0.1, 0.15) is 66.1 Å². The van der Waals surface area contributed by atoms with E-state index in [9.17, 15) is 9.90 Å². The molecule has 0 spiro atoms. The van der Waals surface area contributed by atoms with Crippen LogP contribution >= 0.6 is 0 Å². The fourth-order valence-electron chi connectivity index (χ4n) is 3.77. The van der Waals surface area contributed by atoms with E-state index in [1.165, 1.54) is 5.56 Å². The van der Waals surface area contributed by atoms with Gasteiger partial charge in [-0.05, 0) is 80.8 Å². The minimum Gasteiger partial charge on any atom is -0.390 e. The molecule has 0 radical (unpaired) electrons. The number of hydrogen-bond donors (Lipinski definition) is 1. The molecule has 1 fully saturated rings. The predicted octanol–water partition coefficient (Wildman–Crippen LogP) is 4.28. The van der Waals surface area contributed by atoms with Gasteiger partial charge < -0.3 is 10.0 Å². The minimum absolute atomic E-state index is 0.0781. The van der Waals surface area contributed by atoms with Crippen molar-refractivity contribution < 1.29 is 9.90 Å². The molecule has 28 heavy (non-hydrogen) atoms. The highest BCUT2D eigenvalue weighted by molar-refractivity contribution is 5.94. The zero-order chi connectivity index (χ0) is 20.1. The van der Waals surface area contributed by atoms with Crippen molar-refractivity contribution in [1.29, 1.82) is 5.26 Å². The van der Waals surface area contributed by atoms with Crippen LogP contribution in [0.25, 0.3) is 0 Å². The summed E-state index contributed by atoms with van der Waals surface area (Å²) in [6.07, 6.45) is 3.25. The Kier molecular flexibility index (Phi) is 6.16. The lowest BCUT2D eigenvalue weighted by molar-refractivity contribution is 0.0712. The normalized spacial score (nSPS) is 15.3. The van der Waals surface area contributed by atoms with Gasteiger partial charge in [-0.1, -0.05) is 24.3 Å². The van der Waals surface area contributed by atoms with Gasteiger partial charge in [0.05, 0.1) is 17.2 Å². The number of piperidine rings is 1. The van der Waals surface area contributed by atoms with Crippen LogP contribution in [-0.4, -0.2) is 34.6 Å². The van der Waals surface area contributed by atoms with Crippen molar-refractivity contribution in [1.82, 2.24) is 4.90 Å². The van der Waals surface area contributed by atoms with Crippen LogP contribution in [0, 0.1) is 11.3 Å². The second-order valence-electron chi connectivity index (χ2n) is 8.32. The topological polar surface area (TPSA) is 64.3 Å². The van der Waals surface area contributed by atoms with E-state index >= 15 is 0 Å². The van der Waals surface area contributed by atoms with Crippen LogP contribution < -0.4 is 0 Å².